The maximum Gasteiger partial charge on any atom is 0.184 e. The van der Waals surface area contributed by atoms with Crippen molar-refractivity contribution in [3.05, 3.63) is 40.8 Å². The minimum atomic E-state index is 0.714. The van der Waals surface area contributed by atoms with E-state index in [4.69, 9.17) is 0 Å². The van der Waals surface area contributed by atoms with Crippen LogP contribution >= 0.6 is 27.3 Å². The zero-order valence-electron chi connectivity index (χ0n) is 9.51. The van der Waals surface area contributed by atoms with Crippen molar-refractivity contribution >= 4 is 27.3 Å². The molecule has 2 aromatic heterocycles. The van der Waals surface area contributed by atoms with Gasteiger partial charge < -0.3 is 0 Å². The van der Waals surface area contributed by atoms with Crippen molar-refractivity contribution in [1.29, 1.82) is 0 Å². The zero-order chi connectivity index (χ0) is 12.5. The van der Waals surface area contributed by atoms with Crippen molar-refractivity contribution in [2.75, 3.05) is 0 Å². The second-order valence-corrected chi connectivity index (χ2v) is 5.69. The van der Waals surface area contributed by atoms with E-state index < -0.39 is 0 Å². The summed E-state index contributed by atoms with van der Waals surface area (Å²) in [5.41, 5.74) is 2.17. The lowest BCUT2D eigenvalue weighted by atomic mass is 10.2. The van der Waals surface area contributed by atoms with E-state index in [1.807, 2.05) is 19.1 Å². The topological polar surface area (TPSA) is 54.5 Å². The van der Waals surface area contributed by atoms with Crippen LogP contribution < -0.4 is 0 Å². The van der Waals surface area contributed by atoms with Crippen LogP contribution in [0.2, 0.25) is 0 Å². The highest BCUT2D eigenvalue weighted by molar-refractivity contribution is 9.10. The SMILES string of the molecule is Cc1nc(-c2ncn[nH]2)sc1-c1ccc(Br)cc1. The molecule has 18 heavy (non-hydrogen) atoms. The number of aromatic nitrogens is 4. The van der Waals surface area contributed by atoms with Gasteiger partial charge in [0.2, 0.25) is 0 Å². The van der Waals surface area contributed by atoms with Gasteiger partial charge in [0.05, 0.1) is 10.6 Å². The summed E-state index contributed by atoms with van der Waals surface area (Å²) in [4.78, 5) is 9.81. The fourth-order valence-electron chi connectivity index (χ4n) is 1.68. The van der Waals surface area contributed by atoms with Gasteiger partial charge in [-0.15, -0.1) is 11.3 Å². The Bertz CT molecular complexity index is 658. The minimum absolute atomic E-state index is 0.714. The molecule has 0 atom stereocenters. The average molecular weight is 321 g/mol. The molecule has 0 saturated heterocycles. The first kappa shape index (κ1) is 11.6. The van der Waals surface area contributed by atoms with E-state index in [0.717, 1.165) is 20.1 Å². The maximum atomic E-state index is 4.52. The Morgan fingerprint density at radius 2 is 2.00 bits per heavy atom. The number of halogens is 1. The van der Waals surface area contributed by atoms with Gasteiger partial charge in [0.1, 0.15) is 6.33 Å². The van der Waals surface area contributed by atoms with Gasteiger partial charge >= 0.3 is 0 Å². The van der Waals surface area contributed by atoms with E-state index in [9.17, 15) is 0 Å². The molecule has 4 nitrogen and oxygen atoms in total. The van der Waals surface area contributed by atoms with E-state index in [1.54, 1.807) is 11.3 Å². The zero-order valence-corrected chi connectivity index (χ0v) is 11.9. The smallest absolute Gasteiger partial charge is 0.184 e. The van der Waals surface area contributed by atoms with Crippen LogP contribution in [0.15, 0.2) is 35.1 Å². The molecular formula is C12H9BrN4S. The normalized spacial score (nSPS) is 10.8. The lowest BCUT2D eigenvalue weighted by Crippen LogP contribution is -1.80. The minimum Gasteiger partial charge on any atom is -0.257 e. The average Bonchev–Trinajstić information content (AvgIpc) is 2.99. The third-order valence-electron chi connectivity index (χ3n) is 2.52. The summed E-state index contributed by atoms with van der Waals surface area (Å²) in [6, 6.07) is 8.22. The first-order valence-electron chi connectivity index (χ1n) is 5.33. The summed E-state index contributed by atoms with van der Waals surface area (Å²) in [6.45, 7) is 2.01. The molecule has 0 amide bonds. The van der Waals surface area contributed by atoms with Crippen LogP contribution in [0.1, 0.15) is 5.69 Å². The number of benzene rings is 1. The Balaban J connectivity index is 2.06. The molecule has 3 aromatic rings. The van der Waals surface area contributed by atoms with Crippen LogP contribution in [0.5, 0.6) is 0 Å². The Labute approximate surface area is 116 Å². The molecule has 0 aliphatic carbocycles. The lowest BCUT2D eigenvalue weighted by molar-refractivity contribution is 1.09. The van der Waals surface area contributed by atoms with Gasteiger partial charge in [0.15, 0.2) is 10.8 Å². The Hall–Kier alpha value is -1.53. The number of nitrogens with zero attached hydrogens (tertiary/aromatic N) is 3. The van der Waals surface area contributed by atoms with E-state index in [1.165, 1.54) is 11.9 Å². The van der Waals surface area contributed by atoms with Gasteiger partial charge in [-0.2, -0.15) is 5.10 Å². The van der Waals surface area contributed by atoms with Gasteiger partial charge in [0, 0.05) is 4.47 Å². The van der Waals surface area contributed by atoms with Gasteiger partial charge in [0.25, 0.3) is 0 Å². The number of aromatic amines is 1. The predicted octanol–water partition coefficient (Wildman–Crippen LogP) is 3.67. The van der Waals surface area contributed by atoms with Crippen molar-refractivity contribution < 1.29 is 0 Å². The van der Waals surface area contributed by atoms with Crippen molar-refractivity contribution in [2.24, 2.45) is 0 Å². The maximum absolute atomic E-state index is 4.52. The molecule has 0 saturated carbocycles. The summed E-state index contributed by atoms with van der Waals surface area (Å²) in [7, 11) is 0. The Morgan fingerprint density at radius 1 is 1.22 bits per heavy atom. The molecule has 1 N–H and O–H groups in total. The summed E-state index contributed by atoms with van der Waals surface area (Å²) < 4.78 is 1.07. The second kappa shape index (κ2) is 4.62. The Kier molecular flexibility index (Phi) is 2.97. The molecule has 1 aromatic carbocycles. The largest absolute Gasteiger partial charge is 0.257 e. The van der Waals surface area contributed by atoms with E-state index in [-0.39, 0.29) is 0 Å². The molecule has 0 fully saturated rings. The van der Waals surface area contributed by atoms with Crippen molar-refractivity contribution in [2.45, 2.75) is 6.92 Å². The summed E-state index contributed by atoms with van der Waals surface area (Å²) in [5, 5.41) is 7.54. The van der Waals surface area contributed by atoms with E-state index in [2.05, 4.69) is 48.2 Å². The van der Waals surface area contributed by atoms with Gasteiger partial charge in [-0.05, 0) is 24.6 Å². The lowest BCUT2D eigenvalue weighted by Gasteiger charge is -1.98. The molecule has 0 radical (unpaired) electrons. The third kappa shape index (κ3) is 2.09. The number of hydrogen-bond acceptors (Lipinski definition) is 4. The fourth-order valence-corrected chi connectivity index (χ4v) is 2.96. The first-order chi connectivity index (χ1) is 8.74. The number of hydrogen-bond donors (Lipinski definition) is 1. The number of thiazole rings is 1. The monoisotopic (exact) mass is 320 g/mol. The molecular weight excluding hydrogens is 312 g/mol. The molecule has 90 valence electrons. The standard InChI is InChI=1S/C12H9BrN4S/c1-7-10(8-2-4-9(13)5-3-8)18-12(16-7)11-14-6-15-17-11/h2-6H,1H3,(H,14,15,17). The highest BCUT2D eigenvalue weighted by Crippen LogP contribution is 2.34. The van der Waals surface area contributed by atoms with Crippen LogP contribution in [0.25, 0.3) is 21.3 Å². The van der Waals surface area contributed by atoms with Crippen LogP contribution in [0.3, 0.4) is 0 Å². The number of H-pyrrole nitrogens is 1. The van der Waals surface area contributed by atoms with E-state index in [0.29, 0.717) is 5.82 Å². The molecule has 3 rings (SSSR count). The predicted molar refractivity (Wildman–Crippen MR) is 75.4 cm³/mol. The van der Waals surface area contributed by atoms with Crippen molar-refractivity contribution in [1.82, 2.24) is 20.2 Å². The number of aryl methyl sites for hydroxylation is 1. The van der Waals surface area contributed by atoms with Gasteiger partial charge in [-0.3, -0.25) is 5.10 Å². The van der Waals surface area contributed by atoms with E-state index >= 15 is 0 Å². The molecule has 2 heterocycles. The highest BCUT2D eigenvalue weighted by Gasteiger charge is 2.12. The van der Waals surface area contributed by atoms with Crippen LogP contribution in [-0.2, 0) is 0 Å². The molecule has 0 unspecified atom stereocenters. The fraction of sp³-hybridized carbons (Fsp3) is 0.0833. The highest BCUT2D eigenvalue weighted by atomic mass is 79.9. The van der Waals surface area contributed by atoms with Crippen LogP contribution in [0.4, 0.5) is 0 Å². The third-order valence-corrected chi connectivity index (χ3v) is 4.26. The summed E-state index contributed by atoms with van der Waals surface area (Å²) in [5.74, 6) is 0.714. The number of rotatable bonds is 2. The van der Waals surface area contributed by atoms with Gasteiger partial charge in [-0.1, -0.05) is 28.1 Å². The van der Waals surface area contributed by atoms with Crippen molar-refractivity contribution in [3.63, 3.8) is 0 Å². The van der Waals surface area contributed by atoms with Crippen molar-refractivity contribution in [3.8, 4) is 21.3 Å². The first-order valence-corrected chi connectivity index (χ1v) is 6.94. The van der Waals surface area contributed by atoms with Gasteiger partial charge in [-0.25, -0.2) is 9.97 Å². The quantitative estimate of drug-likeness (QED) is 0.783. The summed E-state index contributed by atoms with van der Waals surface area (Å²) >= 11 is 5.05. The molecule has 6 heteroatoms. The molecule has 0 bridgehead atoms. The van der Waals surface area contributed by atoms with Crippen LogP contribution in [0, 0.1) is 6.92 Å². The molecule has 0 aliphatic rings. The second-order valence-electron chi connectivity index (χ2n) is 3.77. The van der Waals surface area contributed by atoms with Crippen LogP contribution in [-0.4, -0.2) is 20.2 Å². The molecule has 0 spiro atoms. The Morgan fingerprint density at radius 3 is 2.67 bits per heavy atom. The number of nitrogens with one attached hydrogen (secondary N) is 1. The summed E-state index contributed by atoms with van der Waals surface area (Å²) in [6.07, 6.45) is 1.49. The molecule has 0 aliphatic heterocycles.